The van der Waals surface area contributed by atoms with Crippen molar-refractivity contribution >= 4 is 38.6 Å². The average Bonchev–Trinajstić information content (AvgIpc) is 2.93. The number of fused-ring (bicyclic) bond motifs is 1. The molecule has 0 radical (unpaired) electrons. The minimum atomic E-state index is -0.249. The number of para-hydroxylation sites is 1. The molecule has 1 aromatic heterocycles. The molecule has 0 atom stereocenters. The first-order valence-electron chi connectivity index (χ1n) is 9.04. The Morgan fingerprint density at radius 1 is 1.07 bits per heavy atom. The number of hydrogen-bond donors (Lipinski definition) is 3. The quantitative estimate of drug-likeness (QED) is 0.489. The highest BCUT2D eigenvalue weighted by Gasteiger charge is 2.13. The number of rotatable bonds is 7. The van der Waals surface area contributed by atoms with E-state index in [1.165, 1.54) is 12.1 Å². The van der Waals surface area contributed by atoms with Crippen LogP contribution in [0, 0.1) is 6.92 Å². The second-order valence-electron chi connectivity index (χ2n) is 6.51. The van der Waals surface area contributed by atoms with E-state index < -0.39 is 0 Å². The summed E-state index contributed by atoms with van der Waals surface area (Å²) < 4.78 is 2.99. The van der Waals surface area contributed by atoms with Crippen LogP contribution >= 0.6 is 15.9 Å². The van der Waals surface area contributed by atoms with E-state index in [1.54, 1.807) is 12.1 Å². The number of phenols is 1. The molecule has 3 aromatic rings. The Labute approximate surface area is 171 Å². The van der Waals surface area contributed by atoms with Gasteiger partial charge < -0.3 is 20.3 Å². The molecule has 146 valence electrons. The van der Waals surface area contributed by atoms with Gasteiger partial charge in [0.1, 0.15) is 12.3 Å². The first-order chi connectivity index (χ1) is 13.5. The van der Waals surface area contributed by atoms with E-state index in [0.717, 1.165) is 21.1 Å². The lowest BCUT2D eigenvalue weighted by molar-refractivity contribution is -0.121. The molecule has 0 fully saturated rings. The predicted molar refractivity (Wildman–Crippen MR) is 112 cm³/mol. The van der Waals surface area contributed by atoms with Crippen LogP contribution in [0.5, 0.6) is 5.75 Å². The summed E-state index contributed by atoms with van der Waals surface area (Å²) in [4.78, 5) is 24.3. The number of benzene rings is 2. The van der Waals surface area contributed by atoms with Crippen LogP contribution in [0.4, 0.5) is 0 Å². The maximum absolute atomic E-state index is 12.3. The van der Waals surface area contributed by atoms with Crippen LogP contribution in [0.15, 0.2) is 53.0 Å². The van der Waals surface area contributed by atoms with Gasteiger partial charge in [0.05, 0.1) is 0 Å². The number of aromatic hydroxyl groups is 1. The topological polar surface area (TPSA) is 83.4 Å². The Bertz CT molecular complexity index is 1010. The average molecular weight is 444 g/mol. The lowest BCUT2D eigenvalue weighted by atomic mass is 10.2. The fraction of sp³-hybridized carbons (Fsp3) is 0.238. The number of halogens is 1. The van der Waals surface area contributed by atoms with Crippen molar-refractivity contribution in [2.75, 3.05) is 13.1 Å². The molecule has 0 spiro atoms. The van der Waals surface area contributed by atoms with Crippen LogP contribution in [0.1, 0.15) is 22.5 Å². The van der Waals surface area contributed by atoms with Gasteiger partial charge in [-0.1, -0.05) is 24.3 Å². The zero-order chi connectivity index (χ0) is 20.1. The monoisotopic (exact) mass is 443 g/mol. The molecular formula is C21H22BrN3O3. The standard InChI is InChI=1S/C21H22BrN3O3/c1-14-20(22)17-8-2-3-9-18(17)25(14)13-19(27)23-10-5-11-24-21(28)15-6-4-7-16(26)12-15/h2-4,6-9,12,26H,5,10-11,13H2,1H3,(H,23,27)(H,24,28). The molecule has 0 bridgehead atoms. The normalized spacial score (nSPS) is 10.8. The van der Waals surface area contributed by atoms with E-state index in [2.05, 4.69) is 26.6 Å². The maximum Gasteiger partial charge on any atom is 0.251 e. The summed E-state index contributed by atoms with van der Waals surface area (Å²) in [7, 11) is 0. The largest absolute Gasteiger partial charge is 0.508 e. The van der Waals surface area contributed by atoms with Crippen LogP contribution in [-0.2, 0) is 11.3 Å². The van der Waals surface area contributed by atoms with Gasteiger partial charge in [-0.05, 0) is 53.5 Å². The Kier molecular flexibility index (Phi) is 6.36. The minimum absolute atomic E-state index is 0.0550. The van der Waals surface area contributed by atoms with Gasteiger partial charge in [-0.25, -0.2) is 0 Å². The first-order valence-corrected chi connectivity index (χ1v) is 9.84. The van der Waals surface area contributed by atoms with Gasteiger partial charge in [0, 0.05) is 39.7 Å². The summed E-state index contributed by atoms with van der Waals surface area (Å²) in [6.45, 7) is 3.13. The number of hydrogen-bond acceptors (Lipinski definition) is 3. The van der Waals surface area contributed by atoms with Crippen molar-refractivity contribution in [1.29, 1.82) is 0 Å². The van der Waals surface area contributed by atoms with Gasteiger partial charge in [-0.3, -0.25) is 9.59 Å². The summed E-state index contributed by atoms with van der Waals surface area (Å²) >= 11 is 3.59. The van der Waals surface area contributed by atoms with Gasteiger partial charge in [-0.2, -0.15) is 0 Å². The van der Waals surface area contributed by atoms with Crippen LogP contribution in [0.2, 0.25) is 0 Å². The molecule has 2 aromatic carbocycles. The van der Waals surface area contributed by atoms with Crippen molar-refractivity contribution in [3.63, 3.8) is 0 Å². The van der Waals surface area contributed by atoms with Crippen molar-refractivity contribution in [2.45, 2.75) is 19.9 Å². The fourth-order valence-electron chi connectivity index (χ4n) is 3.06. The molecule has 0 saturated heterocycles. The maximum atomic E-state index is 12.3. The number of amides is 2. The third-order valence-electron chi connectivity index (χ3n) is 4.53. The van der Waals surface area contributed by atoms with Crippen LogP contribution in [0.25, 0.3) is 10.9 Å². The van der Waals surface area contributed by atoms with Gasteiger partial charge >= 0.3 is 0 Å². The summed E-state index contributed by atoms with van der Waals surface area (Å²) in [6.07, 6.45) is 0.616. The lowest BCUT2D eigenvalue weighted by Gasteiger charge is -2.10. The molecule has 6 nitrogen and oxygen atoms in total. The Morgan fingerprint density at radius 2 is 1.82 bits per heavy atom. The SMILES string of the molecule is Cc1c(Br)c2ccccc2n1CC(=O)NCCCNC(=O)c1cccc(O)c1. The van der Waals surface area contributed by atoms with Gasteiger partial charge in [0.15, 0.2) is 0 Å². The molecule has 0 aliphatic heterocycles. The second-order valence-corrected chi connectivity index (χ2v) is 7.31. The molecule has 7 heteroatoms. The zero-order valence-corrected chi connectivity index (χ0v) is 17.1. The number of aromatic nitrogens is 1. The van der Waals surface area contributed by atoms with Gasteiger partial charge in [-0.15, -0.1) is 0 Å². The van der Waals surface area contributed by atoms with Crippen molar-refractivity contribution in [3.05, 3.63) is 64.3 Å². The van der Waals surface area contributed by atoms with E-state index in [0.29, 0.717) is 25.1 Å². The molecule has 0 unspecified atom stereocenters. The number of nitrogens with one attached hydrogen (secondary N) is 2. The number of nitrogens with zero attached hydrogens (tertiary/aromatic N) is 1. The number of carbonyl (C=O) groups is 2. The van der Waals surface area contributed by atoms with E-state index >= 15 is 0 Å². The summed E-state index contributed by atoms with van der Waals surface area (Å²) in [6, 6.07) is 14.1. The molecular weight excluding hydrogens is 422 g/mol. The Hall–Kier alpha value is -2.80. The molecule has 2 amide bonds. The highest BCUT2D eigenvalue weighted by molar-refractivity contribution is 9.10. The molecule has 28 heavy (non-hydrogen) atoms. The second kappa shape index (κ2) is 8.93. The van der Waals surface area contributed by atoms with Crippen molar-refractivity contribution < 1.29 is 14.7 Å². The van der Waals surface area contributed by atoms with Gasteiger partial charge in [0.2, 0.25) is 5.91 Å². The summed E-state index contributed by atoms with van der Waals surface area (Å²) in [5.74, 6) is -0.267. The summed E-state index contributed by atoms with van der Waals surface area (Å²) in [5, 5.41) is 16.2. The van der Waals surface area contributed by atoms with E-state index in [4.69, 9.17) is 0 Å². The number of phenolic OH excluding ortho intramolecular Hbond substituents is 1. The van der Waals surface area contributed by atoms with E-state index in [1.807, 2.05) is 35.8 Å². The molecule has 1 heterocycles. The van der Waals surface area contributed by atoms with E-state index in [-0.39, 0.29) is 24.1 Å². The van der Waals surface area contributed by atoms with Crippen LogP contribution in [0.3, 0.4) is 0 Å². The highest BCUT2D eigenvalue weighted by atomic mass is 79.9. The Balaban J connectivity index is 1.46. The highest BCUT2D eigenvalue weighted by Crippen LogP contribution is 2.30. The van der Waals surface area contributed by atoms with Gasteiger partial charge in [0.25, 0.3) is 5.91 Å². The molecule has 3 N–H and O–H groups in total. The molecule has 3 rings (SSSR count). The lowest BCUT2D eigenvalue weighted by Crippen LogP contribution is -2.31. The van der Waals surface area contributed by atoms with Crippen molar-refractivity contribution in [3.8, 4) is 5.75 Å². The smallest absolute Gasteiger partial charge is 0.251 e. The summed E-state index contributed by atoms with van der Waals surface area (Å²) in [5.41, 5.74) is 2.43. The molecule has 0 saturated carbocycles. The van der Waals surface area contributed by atoms with E-state index in [9.17, 15) is 14.7 Å². The molecule has 0 aliphatic rings. The predicted octanol–water partition coefficient (Wildman–Crippen LogP) is 3.35. The minimum Gasteiger partial charge on any atom is -0.508 e. The molecule has 0 aliphatic carbocycles. The van der Waals surface area contributed by atoms with Crippen molar-refractivity contribution in [2.24, 2.45) is 0 Å². The third kappa shape index (κ3) is 4.54. The third-order valence-corrected chi connectivity index (χ3v) is 5.53. The zero-order valence-electron chi connectivity index (χ0n) is 15.5. The Morgan fingerprint density at radius 3 is 2.61 bits per heavy atom. The van der Waals surface area contributed by atoms with Crippen LogP contribution < -0.4 is 10.6 Å². The fourth-order valence-corrected chi connectivity index (χ4v) is 3.61. The number of carbonyl (C=O) groups excluding carboxylic acids is 2. The van der Waals surface area contributed by atoms with Crippen molar-refractivity contribution in [1.82, 2.24) is 15.2 Å². The first kappa shape index (κ1) is 19.9. The van der Waals surface area contributed by atoms with Crippen LogP contribution in [-0.4, -0.2) is 34.6 Å².